The summed E-state index contributed by atoms with van der Waals surface area (Å²) in [4.78, 5) is 28.8. The number of carbonyl (C=O) groups excluding carboxylic acids is 1. The summed E-state index contributed by atoms with van der Waals surface area (Å²) in [7, 11) is 0. The van der Waals surface area contributed by atoms with Gasteiger partial charge in [0.05, 0.1) is 5.56 Å². The van der Waals surface area contributed by atoms with Crippen LogP contribution in [-0.2, 0) is 0 Å². The molecule has 1 aliphatic carbocycles. The van der Waals surface area contributed by atoms with Gasteiger partial charge in [-0.1, -0.05) is 0 Å². The third-order valence-corrected chi connectivity index (χ3v) is 2.83. The average Bonchev–Trinajstić information content (AvgIpc) is 3.14. The smallest absolute Gasteiger partial charge is 0.338 e. The van der Waals surface area contributed by atoms with Crippen LogP contribution in [0.3, 0.4) is 0 Å². The van der Waals surface area contributed by atoms with Crippen molar-refractivity contribution >= 4 is 11.9 Å². The summed E-state index contributed by atoms with van der Waals surface area (Å²) in [6, 6.07) is 3.19. The summed E-state index contributed by atoms with van der Waals surface area (Å²) in [5, 5.41) is 9.01. The fourth-order valence-electron chi connectivity index (χ4n) is 1.84. The number of carboxylic acid groups (broad SMARTS) is 1. The minimum absolute atomic E-state index is 0.0309. The number of carboxylic acids is 1. The highest BCUT2D eigenvalue weighted by Crippen LogP contribution is 2.28. The number of pyridine rings is 1. The maximum absolute atomic E-state index is 12.2. The lowest BCUT2D eigenvalue weighted by Crippen LogP contribution is -2.34. The largest absolute Gasteiger partial charge is 0.478 e. The number of rotatable bonds is 4. The number of hydrogen-bond acceptors (Lipinski definition) is 3. The molecular formula is C12H14N2O3. The van der Waals surface area contributed by atoms with Crippen LogP contribution in [0, 0.1) is 0 Å². The first-order chi connectivity index (χ1) is 8.15. The van der Waals surface area contributed by atoms with Gasteiger partial charge in [-0.25, -0.2) is 4.79 Å². The maximum atomic E-state index is 12.2. The maximum Gasteiger partial charge on any atom is 0.338 e. The minimum Gasteiger partial charge on any atom is -0.478 e. The number of hydrogen-bond donors (Lipinski definition) is 1. The monoisotopic (exact) mass is 234 g/mol. The lowest BCUT2D eigenvalue weighted by atomic mass is 10.1. The molecule has 1 aromatic heterocycles. The lowest BCUT2D eigenvalue weighted by Gasteiger charge is -2.20. The molecule has 5 heteroatoms. The van der Waals surface area contributed by atoms with Crippen molar-refractivity contribution in [2.75, 3.05) is 6.54 Å². The van der Waals surface area contributed by atoms with Crippen molar-refractivity contribution in [2.24, 2.45) is 0 Å². The number of aromatic nitrogens is 1. The highest BCUT2D eigenvalue weighted by molar-refractivity contribution is 6.03. The molecule has 90 valence electrons. The van der Waals surface area contributed by atoms with E-state index in [9.17, 15) is 9.59 Å². The van der Waals surface area contributed by atoms with Crippen LogP contribution in [0.4, 0.5) is 0 Å². The molecule has 0 unspecified atom stereocenters. The van der Waals surface area contributed by atoms with E-state index in [0.29, 0.717) is 6.54 Å². The zero-order valence-corrected chi connectivity index (χ0v) is 9.59. The van der Waals surface area contributed by atoms with E-state index in [1.165, 1.54) is 18.3 Å². The summed E-state index contributed by atoms with van der Waals surface area (Å²) in [5.41, 5.74) is 0.00495. The molecule has 1 heterocycles. The van der Waals surface area contributed by atoms with Crippen molar-refractivity contribution in [1.82, 2.24) is 9.88 Å². The molecule has 1 aromatic rings. The van der Waals surface area contributed by atoms with Crippen molar-refractivity contribution in [3.8, 4) is 0 Å². The van der Waals surface area contributed by atoms with Crippen LogP contribution >= 0.6 is 0 Å². The molecular weight excluding hydrogens is 220 g/mol. The second-order valence-corrected chi connectivity index (χ2v) is 4.03. The number of nitrogens with zero attached hydrogens (tertiary/aromatic N) is 2. The number of amides is 1. The number of carbonyl (C=O) groups is 2. The number of aromatic carboxylic acids is 1. The van der Waals surface area contributed by atoms with Gasteiger partial charge in [-0.05, 0) is 31.9 Å². The van der Waals surface area contributed by atoms with Crippen LogP contribution < -0.4 is 0 Å². The van der Waals surface area contributed by atoms with Crippen LogP contribution in [0.15, 0.2) is 18.3 Å². The fourth-order valence-corrected chi connectivity index (χ4v) is 1.84. The predicted molar refractivity (Wildman–Crippen MR) is 60.9 cm³/mol. The van der Waals surface area contributed by atoms with Crippen LogP contribution in [0.25, 0.3) is 0 Å². The molecule has 1 fully saturated rings. The van der Waals surface area contributed by atoms with E-state index in [1.54, 1.807) is 4.90 Å². The van der Waals surface area contributed by atoms with Gasteiger partial charge in [0.15, 0.2) is 0 Å². The second-order valence-electron chi connectivity index (χ2n) is 4.03. The molecule has 0 atom stereocenters. The molecule has 0 aromatic carbocycles. The third kappa shape index (κ3) is 2.27. The first-order valence-electron chi connectivity index (χ1n) is 5.64. The van der Waals surface area contributed by atoms with Gasteiger partial charge in [-0.15, -0.1) is 0 Å². The van der Waals surface area contributed by atoms with Gasteiger partial charge in [0.25, 0.3) is 5.91 Å². The zero-order chi connectivity index (χ0) is 12.4. The Morgan fingerprint density at radius 3 is 2.76 bits per heavy atom. The first-order valence-corrected chi connectivity index (χ1v) is 5.64. The van der Waals surface area contributed by atoms with Gasteiger partial charge in [-0.3, -0.25) is 9.78 Å². The molecule has 1 aliphatic rings. The topological polar surface area (TPSA) is 70.5 Å². The Bertz CT molecular complexity index is 455. The van der Waals surface area contributed by atoms with E-state index in [2.05, 4.69) is 4.98 Å². The second kappa shape index (κ2) is 4.53. The Kier molecular flexibility index (Phi) is 3.08. The Balaban J connectivity index is 2.32. The third-order valence-electron chi connectivity index (χ3n) is 2.83. The van der Waals surface area contributed by atoms with Crippen molar-refractivity contribution in [3.05, 3.63) is 29.6 Å². The van der Waals surface area contributed by atoms with Crippen LogP contribution in [-0.4, -0.2) is 39.5 Å². The molecule has 1 N–H and O–H groups in total. The highest BCUT2D eigenvalue weighted by Gasteiger charge is 2.33. The first kappa shape index (κ1) is 11.6. The van der Waals surface area contributed by atoms with Gasteiger partial charge < -0.3 is 10.0 Å². The van der Waals surface area contributed by atoms with Crippen molar-refractivity contribution in [3.63, 3.8) is 0 Å². The van der Waals surface area contributed by atoms with Crippen molar-refractivity contribution < 1.29 is 14.7 Å². The molecule has 1 saturated carbocycles. The normalized spacial score (nSPS) is 14.4. The van der Waals surface area contributed by atoms with Crippen LogP contribution in [0.5, 0.6) is 0 Å². The van der Waals surface area contributed by atoms with Gasteiger partial charge in [0.1, 0.15) is 5.69 Å². The summed E-state index contributed by atoms with van der Waals surface area (Å²) < 4.78 is 0. The SMILES string of the molecule is CCN(C(=O)c1ncccc1C(=O)O)C1CC1. The Labute approximate surface area is 99.1 Å². The van der Waals surface area contributed by atoms with Gasteiger partial charge >= 0.3 is 5.97 Å². The molecule has 0 radical (unpaired) electrons. The molecule has 2 rings (SSSR count). The van der Waals surface area contributed by atoms with E-state index in [0.717, 1.165) is 12.8 Å². The van der Waals surface area contributed by atoms with E-state index in [4.69, 9.17) is 5.11 Å². The summed E-state index contributed by atoms with van der Waals surface area (Å²) in [5.74, 6) is -1.40. The average molecular weight is 234 g/mol. The van der Waals surface area contributed by atoms with E-state index in [1.807, 2.05) is 6.92 Å². The molecule has 0 bridgehead atoms. The van der Waals surface area contributed by atoms with Gasteiger partial charge in [-0.2, -0.15) is 0 Å². The molecule has 0 saturated heterocycles. The summed E-state index contributed by atoms with van der Waals surface area (Å²) in [6.07, 6.45) is 3.43. The Morgan fingerprint density at radius 1 is 1.53 bits per heavy atom. The Hall–Kier alpha value is -1.91. The molecule has 0 aliphatic heterocycles. The highest BCUT2D eigenvalue weighted by atomic mass is 16.4. The van der Waals surface area contributed by atoms with Crippen LogP contribution in [0.1, 0.15) is 40.6 Å². The zero-order valence-electron chi connectivity index (χ0n) is 9.59. The van der Waals surface area contributed by atoms with Crippen LogP contribution in [0.2, 0.25) is 0 Å². The van der Waals surface area contributed by atoms with Crippen molar-refractivity contribution in [2.45, 2.75) is 25.8 Å². The quantitative estimate of drug-likeness (QED) is 0.854. The predicted octanol–water partition coefficient (Wildman–Crippen LogP) is 1.40. The molecule has 1 amide bonds. The summed E-state index contributed by atoms with van der Waals surface area (Å²) >= 11 is 0. The Morgan fingerprint density at radius 2 is 2.24 bits per heavy atom. The summed E-state index contributed by atoms with van der Waals surface area (Å²) in [6.45, 7) is 2.47. The van der Waals surface area contributed by atoms with E-state index < -0.39 is 5.97 Å². The lowest BCUT2D eigenvalue weighted by molar-refractivity contribution is 0.0670. The van der Waals surface area contributed by atoms with Gasteiger partial charge in [0, 0.05) is 18.8 Å². The van der Waals surface area contributed by atoms with Gasteiger partial charge in [0.2, 0.25) is 0 Å². The van der Waals surface area contributed by atoms with Crippen molar-refractivity contribution in [1.29, 1.82) is 0 Å². The minimum atomic E-state index is -1.12. The van der Waals surface area contributed by atoms with E-state index >= 15 is 0 Å². The molecule has 0 spiro atoms. The van der Waals surface area contributed by atoms with E-state index in [-0.39, 0.29) is 23.2 Å². The standard InChI is InChI=1S/C12H14N2O3/c1-2-14(8-5-6-8)11(15)10-9(12(16)17)4-3-7-13-10/h3-4,7-8H,2,5-6H2,1H3,(H,16,17). The molecule has 5 nitrogen and oxygen atoms in total. The fraction of sp³-hybridized carbons (Fsp3) is 0.417. The molecule has 17 heavy (non-hydrogen) atoms.